The number of benzene rings is 2. The van der Waals surface area contributed by atoms with Crippen molar-refractivity contribution in [2.45, 2.75) is 6.92 Å². The molecule has 1 heterocycles. The molecule has 3 N–H and O–H groups in total. The van der Waals surface area contributed by atoms with Gasteiger partial charge in [0.05, 0.1) is 5.39 Å². The second-order valence-electron chi connectivity index (χ2n) is 5.74. The first-order chi connectivity index (χ1) is 12.4. The third-order valence-corrected chi connectivity index (χ3v) is 3.90. The maximum atomic E-state index is 12.2. The van der Waals surface area contributed by atoms with E-state index >= 15 is 0 Å². The van der Waals surface area contributed by atoms with Crippen LogP contribution in [0.25, 0.3) is 22.1 Å². The van der Waals surface area contributed by atoms with Gasteiger partial charge in [-0.05, 0) is 18.6 Å². The van der Waals surface area contributed by atoms with Crippen LogP contribution in [-0.4, -0.2) is 28.6 Å². The molecule has 2 aromatic carbocycles. The highest BCUT2D eigenvalue weighted by molar-refractivity contribution is 6.04. The van der Waals surface area contributed by atoms with E-state index in [9.17, 15) is 19.5 Å². The Morgan fingerprint density at radius 3 is 2.46 bits per heavy atom. The summed E-state index contributed by atoms with van der Waals surface area (Å²) in [5.74, 6) is -2.83. The number of rotatable bonds is 4. The molecule has 3 aromatic rings. The number of nitrogens with one attached hydrogen (secondary N) is 1. The van der Waals surface area contributed by atoms with Gasteiger partial charge in [0.25, 0.3) is 5.91 Å². The molecule has 26 heavy (non-hydrogen) atoms. The molecule has 1 amide bonds. The highest BCUT2D eigenvalue weighted by Crippen LogP contribution is 2.33. The molecule has 0 aliphatic heterocycles. The number of aromatic hydroxyl groups is 1. The maximum absolute atomic E-state index is 12.2. The molecule has 0 unspecified atom stereocenters. The van der Waals surface area contributed by atoms with E-state index < -0.39 is 35.4 Å². The van der Waals surface area contributed by atoms with Gasteiger partial charge < -0.3 is 19.9 Å². The van der Waals surface area contributed by atoms with E-state index in [4.69, 9.17) is 9.52 Å². The van der Waals surface area contributed by atoms with Gasteiger partial charge in [-0.25, -0.2) is 4.79 Å². The average molecular weight is 353 g/mol. The van der Waals surface area contributed by atoms with Gasteiger partial charge in [0.1, 0.15) is 17.9 Å². The smallest absolute Gasteiger partial charge is 0.353 e. The number of amides is 1. The van der Waals surface area contributed by atoms with Crippen molar-refractivity contribution in [3.63, 3.8) is 0 Å². The Balaban J connectivity index is 2.16. The van der Waals surface area contributed by atoms with Gasteiger partial charge in [-0.1, -0.05) is 42.0 Å². The minimum atomic E-state index is -1.27. The molecule has 0 radical (unpaired) electrons. The second-order valence-corrected chi connectivity index (χ2v) is 5.74. The minimum absolute atomic E-state index is 0.147. The van der Waals surface area contributed by atoms with E-state index in [1.54, 1.807) is 12.1 Å². The zero-order valence-corrected chi connectivity index (χ0v) is 13.8. The summed E-state index contributed by atoms with van der Waals surface area (Å²) in [7, 11) is 0. The normalized spacial score (nSPS) is 10.7. The summed E-state index contributed by atoms with van der Waals surface area (Å²) >= 11 is 0. The van der Waals surface area contributed by atoms with E-state index in [1.807, 2.05) is 36.5 Å². The first-order valence-electron chi connectivity index (χ1n) is 7.74. The summed E-state index contributed by atoms with van der Waals surface area (Å²) < 4.78 is 5.29. The van der Waals surface area contributed by atoms with Crippen molar-refractivity contribution in [3.8, 4) is 16.9 Å². The molecule has 0 fully saturated rings. The quantitative estimate of drug-likeness (QED) is 0.620. The van der Waals surface area contributed by atoms with Crippen molar-refractivity contribution < 1.29 is 24.2 Å². The Morgan fingerprint density at radius 2 is 1.81 bits per heavy atom. The number of carboxylic acid groups (broad SMARTS) is 1. The molecule has 0 saturated heterocycles. The SMILES string of the molecule is Cc1ccc(-c2cccc3c(O)c(C(=O)NCC(=O)O)c(=O)oc23)cc1. The minimum Gasteiger partial charge on any atom is -0.506 e. The van der Waals surface area contributed by atoms with Crippen molar-refractivity contribution in [2.75, 3.05) is 6.54 Å². The predicted octanol–water partition coefficient (Wildman–Crippen LogP) is 2.29. The van der Waals surface area contributed by atoms with Gasteiger partial charge in [0.15, 0.2) is 5.56 Å². The molecule has 132 valence electrons. The molecule has 0 bridgehead atoms. The van der Waals surface area contributed by atoms with Crippen LogP contribution in [0.15, 0.2) is 51.7 Å². The highest BCUT2D eigenvalue weighted by Gasteiger charge is 2.22. The van der Waals surface area contributed by atoms with Gasteiger partial charge in [-0.3, -0.25) is 9.59 Å². The zero-order chi connectivity index (χ0) is 18.8. The number of carbonyl (C=O) groups is 2. The summed E-state index contributed by atoms with van der Waals surface area (Å²) in [4.78, 5) is 34.8. The van der Waals surface area contributed by atoms with Gasteiger partial charge in [0.2, 0.25) is 0 Å². The third kappa shape index (κ3) is 3.14. The molecular formula is C19H15NO6. The summed E-state index contributed by atoms with van der Waals surface area (Å²) in [6.07, 6.45) is 0. The summed E-state index contributed by atoms with van der Waals surface area (Å²) in [5.41, 5.74) is 0.917. The Hall–Kier alpha value is -3.61. The summed E-state index contributed by atoms with van der Waals surface area (Å²) in [5, 5.41) is 21.3. The Kier molecular flexibility index (Phi) is 4.45. The van der Waals surface area contributed by atoms with Crippen molar-refractivity contribution in [1.82, 2.24) is 5.32 Å². The fourth-order valence-corrected chi connectivity index (χ4v) is 2.61. The Bertz CT molecular complexity index is 1070. The number of aryl methyl sites for hydroxylation is 1. The lowest BCUT2D eigenvalue weighted by molar-refractivity contribution is -0.135. The fourth-order valence-electron chi connectivity index (χ4n) is 2.61. The Morgan fingerprint density at radius 1 is 1.12 bits per heavy atom. The number of fused-ring (bicyclic) bond motifs is 1. The largest absolute Gasteiger partial charge is 0.506 e. The van der Waals surface area contributed by atoms with E-state index in [1.165, 1.54) is 6.07 Å². The molecule has 0 saturated carbocycles. The van der Waals surface area contributed by atoms with E-state index in [0.29, 0.717) is 5.56 Å². The summed E-state index contributed by atoms with van der Waals surface area (Å²) in [6, 6.07) is 12.4. The van der Waals surface area contributed by atoms with Gasteiger partial charge in [-0.2, -0.15) is 0 Å². The van der Waals surface area contributed by atoms with Crippen molar-refractivity contribution in [3.05, 3.63) is 64.0 Å². The van der Waals surface area contributed by atoms with Crippen molar-refractivity contribution >= 4 is 22.8 Å². The molecular weight excluding hydrogens is 338 g/mol. The first kappa shape index (κ1) is 17.2. The van der Waals surface area contributed by atoms with E-state index in [-0.39, 0.29) is 11.0 Å². The topological polar surface area (TPSA) is 117 Å². The van der Waals surface area contributed by atoms with Crippen LogP contribution in [-0.2, 0) is 4.79 Å². The van der Waals surface area contributed by atoms with Gasteiger partial charge >= 0.3 is 11.6 Å². The number of hydrogen-bond acceptors (Lipinski definition) is 5. The van der Waals surface area contributed by atoms with Crippen LogP contribution in [0.1, 0.15) is 15.9 Å². The number of para-hydroxylation sites is 1. The first-order valence-corrected chi connectivity index (χ1v) is 7.74. The van der Waals surface area contributed by atoms with Gasteiger partial charge in [-0.15, -0.1) is 0 Å². The standard InChI is InChI=1S/C19H15NO6/c1-10-5-7-11(8-6-10)12-3-2-4-13-16(23)15(19(25)26-17(12)13)18(24)20-9-14(21)22/h2-8,23H,9H2,1H3,(H,20,24)(H,21,22). The molecule has 0 atom stereocenters. The van der Waals surface area contributed by atoms with Crippen LogP contribution in [0.4, 0.5) is 0 Å². The lowest BCUT2D eigenvalue weighted by atomic mass is 10.0. The van der Waals surface area contributed by atoms with Crippen LogP contribution in [0.3, 0.4) is 0 Å². The molecule has 3 rings (SSSR count). The number of carboxylic acids is 1. The number of hydrogen-bond donors (Lipinski definition) is 3. The monoisotopic (exact) mass is 353 g/mol. The van der Waals surface area contributed by atoms with E-state index in [0.717, 1.165) is 11.1 Å². The molecule has 7 nitrogen and oxygen atoms in total. The van der Waals surface area contributed by atoms with Crippen LogP contribution < -0.4 is 10.9 Å². The van der Waals surface area contributed by atoms with Crippen LogP contribution >= 0.6 is 0 Å². The molecule has 0 aliphatic rings. The van der Waals surface area contributed by atoms with Crippen LogP contribution in [0.5, 0.6) is 5.75 Å². The fraction of sp³-hybridized carbons (Fsp3) is 0.105. The Labute approximate surface area is 147 Å². The number of carbonyl (C=O) groups excluding carboxylic acids is 1. The maximum Gasteiger partial charge on any atom is 0.353 e. The third-order valence-electron chi connectivity index (χ3n) is 3.90. The van der Waals surface area contributed by atoms with Crippen LogP contribution in [0.2, 0.25) is 0 Å². The molecule has 0 aliphatic carbocycles. The second kappa shape index (κ2) is 6.72. The predicted molar refractivity (Wildman–Crippen MR) is 94.3 cm³/mol. The van der Waals surface area contributed by atoms with Gasteiger partial charge in [0, 0.05) is 5.56 Å². The van der Waals surface area contributed by atoms with E-state index in [2.05, 4.69) is 0 Å². The average Bonchev–Trinajstić information content (AvgIpc) is 2.60. The lowest BCUT2D eigenvalue weighted by Gasteiger charge is -2.10. The highest BCUT2D eigenvalue weighted by atomic mass is 16.4. The molecule has 1 aromatic heterocycles. The van der Waals surface area contributed by atoms with Crippen molar-refractivity contribution in [2.24, 2.45) is 0 Å². The lowest BCUT2D eigenvalue weighted by Crippen LogP contribution is -2.32. The molecule has 7 heteroatoms. The number of aliphatic carboxylic acids is 1. The summed E-state index contributed by atoms with van der Waals surface area (Å²) in [6.45, 7) is 1.26. The van der Waals surface area contributed by atoms with Crippen molar-refractivity contribution in [1.29, 1.82) is 0 Å². The van der Waals surface area contributed by atoms with Crippen LogP contribution in [0, 0.1) is 6.92 Å². The molecule has 0 spiro atoms. The zero-order valence-electron chi connectivity index (χ0n) is 13.8.